The summed E-state index contributed by atoms with van der Waals surface area (Å²) in [5.74, 6) is 1.52. The molecule has 0 unspecified atom stereocenters. The van der Waals surface area contributed by atoms with Crippen LogP contribution in [0.1, 0.15) is 24.4 Å². The molecule has 0 radical (unpaired) electrons. The van der Waals surface area contributed by atoms with Crippen LogP contribution in [0.25, 0.3) is 0 Å². The number of sulfonamides is 1. The summed E-state index contributed by atoms with van der Waals surface area (Å²) in [6.07, 6.45) is 2.45. The number of likely N-dealkylation sites (N-methyl/N-ethyl adjacent to an activating group) is 1. The largest absolute Gasteiger partial charge is 0.464 e. The van der Waals surface area contributed by atoms with E-state index in [-0.39, 0.29) is 11.4 Å². The molecule has 1 heterocycles. The van der Waals surface area contributed by atoms with Gasteiger partial charge in [-0.05, 0) is 25.7 Å². The maximum Gasteiger partial charge on any atom is 0.246 e. The van der Waals surface area contributed by atoms with Gasteiger partial charge in [-0.25, -0.2) is 8.42 Å². The molecule has 1 aliphatic carbocycles. The lowest BCUT2D eigenvalue weighted by Gasteiger charge is -2.16. The van der Waals surface area contributed by atoms with E-state index < -0.39 is 10.0 Å². The van der Waals surface area contributed by atoms with Gasteiger partial charge in [-0.3, -0.25) is 0 Å². The molecule has 0 atom stereocenters. The van der Waals surface area contributed by atoms with Crippen molar-refractivity contribution in [1.82, 2.24) is 4.31 Å². The number of nitrogens with zero attached hydrogens (tertiary/aromatic N) is 1. The number of hydrogen-bond acceptors (Lipinski definition) is 5. The van der Waals surface area contributed by atoms with E-state index in [1.807, 2.05) is 0 Å². The van der Waals surface area contributed by atoms with E-state index in [1.54, 1.807) is 14.0 Å². The molecule has 0 aromatic carbocycles. The smallest absolute Gasteiger partial charge is 0.246 e. The van der Waals surface area contributed by atoms with Crippen LogP contribution in [0.5, 0.6) is 0 Å². The molecule has 1 fully saturated rings. The molecule has 0 amide bonds. The summed E-state index contributed by atoms with van der Waals surface area (Å²) in [5, 5.41) is 0. The fourth-order valence-corrected chi connectivity index (χ4v) is 3.23. The van der Waals surface area contributed by atoms with Gasteiger partial charge in [0.1, 0.15) is 16.4 Å². The molecule has 20 heavy (non-hydrogen) atoms. The molecule has 7 heteroatoms. The topological polar surface area (TPSA) is 85.8 Å². The molecule has 1 aromatic rings. The lowest BCUT2D eigenvalue weighted by Crippen LogP contribution is -2.30. The molecule has 2 N–H and O–H groups in total. The van der Waals surface area contributed by atoms with Gasteiger partial charge in [-0.15, -0.1) is 0 Å². The second-order valence-electron chi connectivity index (χ2n) is 5.18. The Morgan fingerprint density at radius 2 is 2.20 bits per heavy atom. The lowest BCUT2D eigenvalue weighted by atomic mass is 10.4. The van der Waals surface area contributed by atoms with Crippen LogP contribution >= 0.6 is 0 Å². The van der Waals surface area contributed by atoms with Gasteiger partial charge in [0, 0.05) is 26.3 Å². The van der Waals surface area contributed by atoms with Gasteiger partial charge in [-0.2, -0.15) is 4.31 Å². The van der Waals surface area contributed by atoms with Crippen molar-refractivity contribution in [3.63, 3.8) is 0 Å². The van der Waals surface area contributed by atoms with Crippen molar-refractivity contribution in [3.8, 4) is 0 Å². The first-order valence-corrected chi connectivity index (χ1v) is 8.22. The zero-order valence-corrected chi connectivity index (χ0v) is 12.8. The molecule has 0 aliphatic heterocycles. The Morgan fingerprint density at radius 3 is 2.75 bits per heavy atom. The number of hydrogen-bond donors (Lipinski definition) is 1. The van der Waals surface area contributed by atoms with Crippen LogP contribution in [0.2, 0.25) is 0 Å². The highest BCUT2D eigenvalue weighted by Gasteiger charge is 2.26. The Hall–Kier alpha value is -0.890. The first kappa shape index (κ1) is 15.5. The maximum atomic E-state index is 12.4. The molecule has 1 aliphatic rings. The molecular formula is C13H22N2O4S. The molecule has 1 aromatic heterocycles. The molecule has 2 rings (SSSR count). The summed E-state index contributed by atoms with van der Waals surface area (Å²) in [7, 11) is -1.99. The minimum Gasteiger partial charge on any atom is -0.464 e. The van der Waals surface area contributed by atoms with E-state index in [0.717, 1.165) is 6.61 Å². The predicted octanol–water partition coefficient (Wildman–Crippen LogP) is 1.09. The highest BCUT2D eigenvalue weighted by Crippen LogP contribution is 2.28. The third kappa shape index (κ3) is 3.60. The third-order valence-corrected chi connectivity index (χ3v) is 5.38. The van der Waals surface area contributed by atoms with Gasteiger partial charge < -0.3 is 14.9 Å². The molecule has 0 saturated heterocycles. The molecule has 0 spiro atoms. The van der Waals surface area contributed by atoms with Crippen molar-refractivity contribution >= 4 is 10.0 Å². The van der Waals surface area contributed by atoms with Crippen LogP contribution < -0.4 is 5.73 Å². The van der Waals surface area contributed by atoms with Crippen molar-refractivity contribution in [3.05, 3.63) is 17.6 Å². The van der Waals surface area contributed by atoms with Crippen molar-refractivity contribution in [2.24, 2.45) is 11.7 Å². The first-order valence-electron chi connectivity index (χ1n) is 6.78. The summed E-state index contributed by atoms with van der Waals surface area (Å²) in [5.41, 5.74) is 5.46. The number of aryl methyl sites for hydroxylation is 1. The van der Waals surface area contributed by atoms with Crippen molar-refractivity contribution in [2.75, 3.05) is 26.8 Å². The van der Waals surface area contributed by atoms with E-state index in [9.17, 15) is 8.42 Å². The SMILES string of the molecule is Cc1oc(CN)cc1S(=O)(=O)N(C)CCOCC1CC1. The highest BCUT2D eigenvalue weighted by molar-refractivity contribution is 7.89. The van der Waals surface area contributed by atoms with E-state index in [4.69, 9.17) is 14.9 Å². The number of nitrogens with two attached hydrogens (primary N) is 1. The van der Waals surface area contributed by atoms with Crippen LogP contribution in [0.15, 0.2) is 15.4 Å². The van der Waals surface area contributed by atoms with Gasteiger partial charge in [-0.1, -0.05) is 0 Å². The Kier molecular flexibility index (Phi) is 4.85. The summed E-state index contributed by atoms with van der Waals surface area (Å²) in [6.45, 7) is 3.29. The van der Waals surface area contributed by atoms with E-state index in [1.165, 1.54) is 23.2 Å². The summed E-state index contributed by atoms with van der Waals surface area (Å²) >= 11 is 0. The van der Waals surface area contributed by atoms with Gasteiger partial charge >= 0.3 is 0 Å². The van der Waals surface area contributed by atoms with Gasteiger partial charge in [0.15, 0.2) is 0 Å². The quantitative estimate of drug-likeness (QED) is 0.727. The first-order chi connectivity index (χ1) is 9.45. The minimum absolute atomic E-state index is 0.183. The Bertz CT molecular complexity index is 549. The van der Waals surface area contributed by atoms with Crippen LogP contribution in [-0.4, -0.2) is 39.5 Å². The lowest BCUT2D eigenvalue weighted by molar-refractivity contribution is 0.117. The highest BCUT2D eigenvalue weighted by atomic mass is 32.2. The van der Waals surface area contributed by atoms with Crippen molar-refractivity contribution < 1.29 is 17.6 Å². The van der Waals surface area contributed by atoms with Gasteiger partial charge in [0.2, 0.25) is 10.0 Å². The fourth-order valence-electron chi connectivity index (χ4n) is 1.90. The zero-order chi connectivity index (χ0) is 14.8. The monoisotopic (exact) mass is 302 g/mol. The van der Waals surface area contributed by atoms with Crippen molar-refractivity contribution in [2.45, 2.75) is 31.2 Å². The van der Waals surface area contributed by atoms with Crippen LogP contribution in [0.4, 0.5) is 0 Å². The Morgan fingerprint density at radius 1 is 1.50 bits per heavy atom. The molecule has 1 saturated carbocycles. The van der Waals surface area contributed by atoms with Crippen LogP contribution in [0, 0.1) is 12.8 Å². The minimum atomic E-state index is -3.54. The van der Waals surface area contributed by atoms with Crippen LogP contribution in [0.3, 0.4) is 0 Å². The predicted molar refractivity (Wildman–Crippen MR) is 74.7 cm³/mol. The molecule has 114 valence electrons. The summed E-state index contributed by atoms with van der Waals surface area (Å²) in [6, 6.07) is 1.49. The fraction of sp³-hybridized carbons (Fsp3) is 0.692. The average Bonchev–Trinajstić information content (AvgIpc) is 3.15. The second-order valence-corrected chi connectivity index (χ2v) is 7.20. The number of rotatable bonds is 8. The van der Waals surface area contributed by atoms with Gasteiger partial charge in [0.05, 0.1) is 13.2 Å². The van der Waals surface area contributed by atoms with E-state index in [0.29, 0.717) is 30.6 Å². The number of ether oxygens (including phenoxy) is 1. The van der Waals surface area contributed by atoms with E-state index >= 15 is 0 Å². The second kappa shape index (κ2) is 6.26. The zero-order valence-electron chi connectivity index (χ0n) is 12.0. The van der Waals surface area contributed by atoms with Crippen molar-refractivity contribution in [1.29, 1.82) is 0 Å². The normalized spacial score (nSPS) is 16.0. The maximum absolute atomic E-state index is 12.4. The Balaban J connectivity index is 1.94. The number of furan rings is 1. The molecule has 0 bridgehead atoms. The molecular weight excluding hydrogens is 280 g/mol. The Labute approximate surface area is 119 Å². The summed E-state index contributed by atoms with van der Waals surface area (Å²) in [4.78, 5) is 0.183. The average molecular weight is 302 g/mol. The third-order valence-electron chi connectivity index (χ3n) is 3.41. The standard InChI is InChI=1S/C13H22N2O4S/c1-10-13(7-12(8-14)19-10)20(16,17)15(2)5-6-18-9-11-3-4-11/h7,11H,3-6,8-9,14H2,1-2H3. The van der Waals surface area contributed by atoms with E-state index in [2.05, 4.69) is 0 Å². The van der Waals surface area contributed by atoms with Crippen LogP contribution in [-0.2, 0) is 21.3 Å². The summed E-state index contributed by atoms with van der Waals surface area (Å²) < 4.78 is 36.8. The molecule has 6 nitrogen and oxygen atoms in total. The van der Waals surface area contributed by atoms with Gasteiger partial charge in [0.25, 0.3) is 0 Å².